The fraction of sp³-hybridized carbons (Fsp3) is 0.438. The van der Waals surface area contributed by atoms with E-state index in [0.29, 0.717) is 22.9 Å². The van der Waals surface area contributed by atoms with Crippen LogP contribution < -0.4 is 4.74 Å². The van der Waals surface area contributed by atoms with Gasteiger partial charge in [-0.05, 0) is 24.6 Å². The smallest absolute Gasteiger partial charge is 0.316 e. The van der Waals surface area contributed by atoms with Gasteiger partial charge in [0.25, 0.3) is 5.91 Å². The van der Waals surface area contributed by atoms with E-state index in [9.17, 15) is 14.4 Å². The molecule has 124 valence electrons. The van der Waals surface area contributed by atoms with Crippen molar-refractivity contribution in [3.63, 3.8) is 0 Å². The number of rotatable bonds is 3. The molecule has 1 aromatic carbocycles. The van der Waals surface area contributed by atoms with Crippen molar-refractivity contribution >= 4 is 29.3 Å². The van der Waals surface area contributed by atoms with Crippen LogP contribution in [-0.2, 0) is 14.3 Å². The van der Waals surface area contributed by atoms with Gasteiger partial charge in [-0.3, -0.25) is 14.4 Å². The van der Waals surface area contributed by atoms with Crippen LogP contribution in [0.15, 0.2) is 18.2 Å². The lowest BCUT2D eigenvalue weighted by molar-refractivity contribution is -0.149. The third kappa shape index (κ3) is 3.82. The number of nitrogens with zero attached hydrogens (tertiary/aromatic N) is 1. The summed E-state index contributed by atoms with van der Waals surface area (Å²) >= 11 is 5.95. The molecule has 1 aromatic rings. The van der Waals surface area contributed by atoms with E-state index in [1.54, 1.807) is 12.1 Å². The molecule has 1 saturated heterocycles. The second-order valence-electron chi connectivity index (χ2n) is 5.22. The average Bonchev–Trinajstić information content (AvgIpc) is 2.75. The Morgan fingerprint density at radius 2 is 2.00 bits per heavy atom. The average molecular weight is 340 g/mol. The third-order valence-corrected chi connectivity index (χ3v) is 4.10. The first-order valence-electron chi connectivity index (χ1n) is 7.21. The quantitative estimate of drug-likeness (QED) is 0.621. The highest BCUT2D eigenvalue weighted by molar-refractivity contribution is 6.31. The highest BCUT2D eigenvalue weighted by Gasteiger charge is 2.32. The molecule has 6 nitrogen and oxygen atoms in total. The first kappa shape index (κ1) is 17.3. The molecule has 0 aromatic heterocycles. The molecule has 1 heterocycles. The SMILES string of the molecule is COC(=O)C1CCN(C(=O)c2cc(Cl)ccc2OC)CCC1=O. The number of carbonyl (C=O) groups is 3. The summed E-state index contributed by atoms with van der Waals surface area (Å²) in [7, 11) is 2.72. The van der Waals surface area contributed by atoms with Gasteiger partial charge in [0.15, 0.2) is 0 Å². The zero-order valence-electron chi connectivity index (χ0n) is 13.0. The standard InChI is InChI=1S/C16H18ClNO5/c1-22-14-4-3-10(17)9-12(14)15(20)18-7-5-11(16(21)23-2)13(19)6-8-18/h3-4,9,11H,5-8H2,1-2H3. The van der Waals surface area contributed by atoms with E-state index in [1.807, 2.05) is 0 Å². The molecule has 1 unspecified atom stereocenters. The zero-order valence-corrected chi connectivity index (χ0v) is 13.8. The number of hydrogen-bond acceptors (Lipinski definition) is 5. The number of amides is 1. The van der Waals surface area contributed by atoms with Crippen molar-refractivity contribution in [3.8, 4) is 5.75 Å². The summed E-state index contributed by atoms with van der Waals surface area (Å²) < 4.78 is 9.84. The largest absolute Gasteiger partial charge is 0.496 e. The van der Waals surface area contributed by atoms with E-state index in [-0.39, 0.29) is 31.1 Å². The number of ketones is 1. The molecule has 0 aliphatic carbocycles. The van der Waals surface area contributed by atoms with E-state index < -0.39 is 11.9 Å². The monoisotopic (exact) mass is 339 g/mol. The lowest BCUT2D eigenvalue weighted by Gasteiger charge is -2.21. The van der Waals surface area contributed by atoms with Crippen LogP contribution in [0.3, 0.4) is 0 Å². The Bertz CT molecular complexity index is 631. The Kier molecular flexibility index (Phi) is 5.60. The van der Waals surface area contributed by atoms with Crippen LogP contribution in [-0.4, -0.2) is 49.9 Å². The molecule has 7 heteroatoms. The number of esters is 1. The topological polar surface area (TPSA) is 72.9 Å². The first-order chi connectivity index (χ1) is 11.0. The number of likely N-dealkylation sites (tertiary alicyclic amines) is 1. The predicted molar refractivity (Wildman–Crippen MR) is 83.7 cm³/mol. The van der Waals surface area contributed by atoms with Crippen LogP contribution in [0.1, 0.15) is 23.2 Å². The summed E-state index contributed by atoms with van der Waals surface area (Å²) in [6, 6.07) is 4.79. The normalized spacial score (nSPS) is 18.3. The second-order valence-corrected chi connectivity index (χ2v) is 5.65. The van der Waals surface area contributed by atoms with E-state index in [1.165, 1.54) is 25.2 Å². The highest BCUT2D eigenvalue weighted by atomic mass is 35.5. The van der Waals surface area contributed by atoms with Crippen molar-refractivity contribution in [2.75, 3.05) is 27.3 Å². The lowest BCUT2D eigenvalue weighted by atomic mass is 10.00. The summed E-state index contributed by atoms with van der Waals surface area (Å²) in [5.41, 5.74) is 0.337. The molecular weight excluding hydrogens is 322 g/mol. The number of carbonyl (C=O) groups excluding carboxylic acids is 3. The molecule has 0 radical (unpaired) electrons. The van der Waals surface area contributed by atoms with Gasteiger partial charge in [-0.25, -0.2) is 0 Å². The Morgan fingerprint density at radius 1 is 1.26 bits per heavy atom. The molecule has 0 saturated carbocycles. The van der Waals surface area contributed by atoms with Crippen LogP contribution in [0, 0.1) is 5.92 Å². The second kappa shape index (κ2) is 7.46. The minimum absolute atomic E-state index is 0.119. The summed E-state index contributed by atoms with van der Waals surface area (Å²) in [5, 5.41) is 0.424. The van der Waals surface area contributed by atoms with Gasteiger partial charge in [0.2, 0.25) is 0 Å². The van der Waals surface area contributed by atoms with Crippen LogP contribution in [0.4, 0.5) is 0 Å². The zero-order chi connectivity index (χ0) is 17.0. The van der Waals surface area contributed by atoms with Gasteiger partial charge in [-0.1, -0.05) is 11.6 Å². The van der Waals surface area contributed by atoms with Crippen molar-refractivity contribution in [2.45, 2.75) is 12.8 Å². The van der Waals surface area contributed by atoms with Gasteiger partial charge >= 0.3 is 5.97 Å². The van der Waals surface area contributed by atoms with Gasteiger partial charge in [0, 0.05) is 24.5 Å². The predicted octanol–water partition coefficient (Wildman–Crippen LogP) is 1.94. The maximum absolute atomic E-state index is 12.7. The fourth-order valence-electron chi connectivity index (χ4n) is 2.59. The molecule has 1 amide bonds. The third-order valence-electron chi connectivity index (χ3n) is 3.87. The summed E-state index contributed by atoms with van der Waals surface area (Å²) in [5.74, 6) is -1.42. The number of benzene rings is 1. The Hall–Kier alpha value is -2.08. The van der Waals surface area contributed by atoms with Crippen molar-refractivity contribution in [1.29, 1.82) is 0 Å². The Balaban J connectivity index is 2.19. The Morgan fingerprint density at radius 3 is 2.65 bits per heavy atom. The van der Waals surface area contributed by atoms with Crippen molar-refractivity contribution in [1.82, 2.24) is 4.90 Å². The van der Waals surface area contributed by atoms with Gasteiger partial charge in [-0.15, -0.1) is 0 Å². The van der Waals surface area contributed by atoms with Crippen LogP contribution >= 0.6 is 11.6 Å². The van der Waals surface area contributed by atoms with E-state index >= 15 is 0 Å². The molecule has 0 N–H and O–H groups in total. The number of hydrogen-bond donors (Lipinski definition) is 0. The summed E-state index contributed by atoms with van der Waals surface area (Å²) in [6.45, 7) is 0.542. The molecular formula is C16H18ClNO5. The van der Waals surface area contributed by atoms with Crippen LogP contribution in [0.5, 0.6) is 5.75 Å². The molecule has 2 rings (SSSR count). The maximum atomic E-state index is 12.7. The van der Waals surface area contributed by atoms with E-state index in [2.05, 4.69) is 4.74 Å². The molecule has 23 heavy (non-hydrogen) atoms. The fourth-order valence-corrected chi connectivity index (χ4v) is 2.76. The minimum Gasteiger partial charge on any atom is -0.496 e. The molecule has 1 atom stereocenters. The first-order valence-corrected chi connectivity index (χ1v) is 7.59. The van der Waals surface area contributed by atoms with E-state index in [0.717, 1.165) is 0 Å². The molecule has 1 fully saturated rings. The Labute approximate surface area is 139 Å². The maximum Gasteiger partial charge on any atom is 0.316 e. The highest BCUT2D eigenvalue weighted by Crippen LogP contribution is 2.25. The van der Waals surface area contributed by atoms with Crippen molar-refractivity contribution < 1.29 is 23.9 Å². The number of Topliss-reactive ketones (excluding diaryl/α,β-unsaturated/α-hetero) is 1. The number of methoxy groups -OCH3 is 2. The van der Waals surface area contributed by atoms with E-state index in [4.69, 9.17) is 16.3 Å². The van der Waals surface area contributed by atoms with Gasteiger partial charge in [0.05, 0.1) is 19.8 Å². The van der Waals surface area contributed by atoms with Crippen LogP contribution in [0.25, 0.3) is 0 Å². The molecule has 0 bridgehead atoms. The van der Waals surface area contributed by atoms with Crippen LogP contribution in [0.2, 0.25) is 5.02 Å². The minimum atomic E-state index is -0.806. The molecule has 0 spiro atoms. The molecule has 1 aliphatic rings. The summed E-state index contributed by atoms with van der Waals surface area (Å²) in [4.78, 5) is 37.9. The van der Waals surface area contributed by atoms with Crippen molar-refractivity contribution in [3.05, 3.63) is 28.8 Å². The summed E-state index contributed by atoms with van der Waals surface area (Å²) in [6.07, 6.45) is 0.370. The van der Waals surface area contributed by atoms with Gasteiger partial charge < -0.3 is 14.4 Å². The van der Waals surface area contributed by atoms with Gasteiger partial charge in [-0.2, -0.15) is 0 Å². The lowest BCUT2D eigenvalue weighted by Crippen LogP contribution is -2.32. The van der Waals surface area contributed by atoms with Gasteiger partial charge in [0.1, 0.15) is 17.5 Å². The molecule has 1 aliphatic heterocycles. The number of ether oxygens (including phenoxy) is 2. The van der Waals surface area contributed by atoms with Crippen molar-refractivity contribution in [2.24, 2.45) is 5.92 Å². The number of halogens is 1.